The first-order valence-corrected chi connectivity index (χ1v) is 5.83. The maximum absolute atomic E-state index is 3.40. The first kappa shape index (κ1) is 11.4. The molecule has 0 saturated carbocycles. The van der Waals surface area contributed by atoms with Crippen molar-refractivity contribution in [2.45, 2.75) is 13.3 Å². The van der Waals surface area contributed by atoms with E-state index in [1.54, 1.807) is 0 Å². The van der Waals surface area contributed by atoms with Crippen LogP contribution in [-0.4, -0.2) is 0 Å². The summed E-state index contributed by atoms with van der Waals surface area (Å²) in [6.45, 7) is 2.09. The van der Waals surface area contributed by atoms with Gasteiger partial charge < -0.3 is 0 Å². The van der Waals surface area contributed by atoms with E-state index in [9.17, 15) is 0 Å². The molecular formula is C6H6Br4. The van der Waals surface area contributed by atoms with Crippen molar-refractivity contribution in [3.8, 4) is 0 Å². The van der Waals surface area contributed by atoms with Crippen molar-refractivity contribution in [2.24, 2.45) is 0 Å². The fraction of sp³-hybridized carbons (Fsp3) is 0.333. The van der Waals surface area contributed by atoms with E-state index in [1.165, 1.54) is 0 Å². The molecule has 0 N–H and O–H groups in total. The van der Waals surface area contributed by atoms with Crippen molar-refractivity contribution in [1.82, 2.24) is 0 Å². The predicted molar refractivity (Wildman–Crippen MR) is 61.1 cm³/mol. The summed E-state index contributed by atoms with van der Waals surface area (Å²) in [4.78, 5) is 0. The van der Waals surface area contributed by atoms with Gasteiger partial charge in [-0.05, 0) is 70.1 Å². The first-order valence-electron chi connectivity index (χ1n) is 2.66. The minimum Gasteiger partial charge on any atom is -0.0693 e. The Balaban J connectivity index is 4.36. The summed E-state index contributed by atoms with van der Waals surface area (Å²) in [5, 5.41) is 0. The third kappa shape index (κ3) is 4.31. The molecule has 0 aromatic heterocycles. The molecule has 0 nitrogen and oxygen atoms in total. The lowest BCUT2D eigenvalue weighted by molar-refractivity contribution is 1.22. The van der Waals surface area contributed by atoms with Crippen LogP contribution < -0.4 is 0 Å². The monoisotopic (exact) mass is 394 g/mol. The molecule has 0 rings (SSSR count). The smallest absolute Gasteiger partial charge is 0.0693 e. The summed E-state index contributed by atoms with van der Waals surface area (Å²) in [5.41, 5.74) is 0. The van der Waals surface area contributed by atoms with Crippen molar-refractivity contribution < 1.29 is 0 Å². The molecule has 0 bridgehead atoms. The van der Waals surface area contributed by atoms with Gasteiger partial charge in [-0.1, -0.05) is 13.0 Å². The topological polar surface area (TPSA) is 0 Å². The second-order valence-electron chi connectivity index (χ2n) is 1.53. The molecular weight excluding hydrogens is 392 g/mol. The molecule has 4 heteroatoms. The Bertz CT molecular complexity index is 165. The van der Waals surface area contributed by atoms with Gasteiger partial charge in [-0.3, -0.25) is 0 Å². The Morgan fingerprint density at radius 3 is 2.00 bits per heavy atom. The highest BCUT2D eigenvalue weighted by molar-refractivity contribution is 9.29. The molecule has 0 aromatic carbocycles. The molecule has 0 radical (unpaired) electrons. The molecule has 0 amide bonds. The first-order chi connectivity index (χ1) is 4.59. The minimum atomic E-state index is 0.913. The van der Waals surface area contributed by atoms with Gasteiger partial charge in [0, 0.05) is 4.48 Å². The van der Waals surface area contributed by atoms with Crippen LogP contribution in [-0.2, 0) is 0 Å². The third-order valence-electron chi connectivity index (χ3n) is 0.759. The Hall–Kier alpha value is 1.40. The summed E-state index contributed by atoms with van der Waals surface area (Å²) < 4.78 is 2.96. The number of hydrogen-bond acceptors (Lipinski definition) is 0. The predicted octanol–water partition coefficient (Wildman–Crippen LogP) is 5.03. The number of halogens is 4. The van der Waals surface area contributed by atoms with E-state index in [1.807, 2.05) is 0 Å². The van der Waals surface area contributed by atoms with Crippen LogP contribution in [0.5, 0.6) is 0 Å². The molecule has 0 aliphatic heterocycles. The highest BCUT2D eigenvalue weighted by Crippen LogP contribution is 2.32. The van der Waals surface area contributed by atoms with Gasteiger partial charge in [-0.15, -0.1) is 0 Å². The van der Waals surface area contributed by atoms with Crippen molar-refractivity contribution in [3.05, 3.63) is 18.4 Å². The van der Waals surface area contributed by atoms with Gasteiger partial charge in [0.15, 0.2) is 0 Å². The zero-order valence-electron chi connectivity index (χ0n) is 5.30. The minimum absolute atomic E-state index is 0.913. The van der Waals surface area contributed by atoms with Crippen LogP contribution in [0.15, 0.2) is 18.4 Å². The maximum Gasteiger partial charge on any atom is 0.0757 e. The zero-order chi connectivity index (χ0) is 8.15. The lowest BCUT2D eigenvalue weighted by Crippen LogP contribution is -1.70. The molecule has 0 spiro atoms. The van der Waals surface area contributed by atoms with Crippen molar-refractivity contribution in [1.29, 1.82) is 0 Å². The molecule has 0 saturated heterocycles. The highest BCUT2D eigenvalue weighted by Gasteiger charge is 1.99. The van der Waals surface area contributed by atoms with Crippen LogP contribution in [0, 0.1) is 0 Å². The second-order valence-corrected chi connectivity index (χ2v) is 5.83. The summed E-state index contributed by atoms with van der Waals surface area (Å²) >= 11 is 13.4. The van der Waals surface area contributed by atoms with E-state index >= 15 is 0 Å². The lowest BCUT2D eigenvalue weighted by atomic mass is 10.4. The van der Waals surface area contributed by atoms with E-state index in [2.05, 4.69) is 76.7 Å². The van der Waals surface area contributed by atoms with E-state index in [-0.39, 0.29) is 0 Å². The van der Waals surface area contributed by atoms with E-state index in [4.69, 9.17) is 0 Å². The molecule has 0 fully saturated rings. The molecule has 58 valence electrons. The SMILES string of the molecule is CCC=C(Br)C(Br)=C(Br)Br. The molecule has 0 aliphatic carbocycles. The van der Waals surface area contributed by atoms with E-state index in [0.29, 0.717) is 0 Å². The molecule has 0 atom stereocenters. The van der Waals surface area contributed by atoms with Gasteiger partial charge >= 0.3 is 0 Å². The lowest BCUT2D eigenvalue weighted by Gasteiger charge is -1.95. The van der Waals surface area contributed by atoms with Crippen LogP contribution in [0.25, 0.3) is 0 Å². The summed E-state index contributed by atoms with van der Waals surface area (Å²) in [6.07, 6.45) is 3.09. The zero-order valence-corrected chi connectivity index (χ0v) is 11.6. The Morgan fingerprint density at radius 2 is 1.70 bits per heavy atom. The van der Waals surface area contributed by atoms with Gasteiger partial charge in [0.1, 0.15) is 0 Å². The standard InChI is InChI=1S/C6H6Br4/c1-2-3-4(7)5(8)6(9)10/h3H,2H2,1H3. The van der Waals surface area contributed by atoms with Crippen molar-refractivity contribution in [3.63, 3.8) is 0 Å². The second kappa shape index (κ2) is 5.98. The molecule has 0 aromatic rings. The normalized spacial score (nSPS) is 11.5. The molecule has 10 heavy (non-hydrogen) atoms. The van der Waals surface area contributed by atoms with Gasteiger partial charge in [0.2, 0.25) is 0 Å². The molecule has 0 unspecified atom stereocenters. The average Bonchev–Trinajstić information content (AvgIpc) is 1.87. The van der Waals surface area contributed by atoms with Crippen molar-refractivity contribution in [2.75, 3.05) is 0 Å². The molecule has 0 heterocycles. The van der Waals surface area contributed by atoms with Gasteiger partial charge in [-0.2, -0.15) is 0 Å². The summed E-state index contributed by atoms with van der Waals surface area (Å²) in [7, 11) is 0. The Labute approximate surface area is 94.7 Å². The molecule has 0 aliphatic rings. The van der Waals surface area contributed by atoms with Crippen LogP contribution in [0.3, 0.4) is 0 Å². The average molecular weight is 398 g/mol. The van der Waals surface area contributed by atoms with Crippen LogP contribution in [0.4, 0.5) is 0 Å². The fourth-order valence-corrected chi connectivity index (χ4v) is 2.00. The summed E-state index contributed by atoms with van der Waals surface area (Å²) in [6, 6.07) is 0. The van der Waals surface area contributed by atoms with Crippen molar-refractivity contribution >= 4 is 63.7 Å². The number of allylic oxidation sites excluding steroid dienone is 3. The van der Waals surface area contributed by atoms with Crippen LogP contribution in [0.1, 0.15) is 13.3 Å². The fourth-order valence-electron chi connectivity index (χ4n) is 0.359. The summed E-state index contributed by atoms with van der Waals surface area (Å²) in [5.74, 6) is 0. The van der Waals surface area contributed by atoms with E-state index in [0.717, 1.165) is 18.8 Å². The van der Waals surface area contributed by atoms with Crippen LogP contribution in [0.2, 0.25) is 0 Å². The Morgan fingerprint density at radius 1 is 1.20 bits per heavy atom. The van der Waals surface area contributed by atoms with Crippen LogP contribution >= 0.6 is 63.7 Å². The maximum atomic E-state index is 3.40. The van der Waals surface area contributed by atoms with Gasteiger partial charge in [-0.25, -0.2) is 0 Å². The van der Waals surface area contributed by atoms with E-state index < -0.39 is 0 Å². The third-order valence-corrected chi connectivity index (χ3v) is 4.69. The Kier molecular flexibility index (Phi) is 6.81. The quantitative estimate of drug-likeness (QED) is 0.573. The number of hydrogen-bond donors (Lipinski definition) is 0. The van der Waals surface area contributed by atoms with Gasteiger partial charge in [0.05, 0.1) is 7.87 Å². The largest absolute Gasteiger partial charge is 0.0757 e. The highest BCUT2D eigenvalue weighted by atomic mass is 79.9. The number of rotatable bonds is 2. The van der Waals surface area contributed by atoms with Gasteiger partial charge in [0.25, 0.3) is 0 Å².